The molecule has 0 aliphatic heterocycles. The number of nitrogens with zero attached hydrogens (tertiary/aromatic N) is 3. The summed E-state index contributed by atoms with van der Waals surface area (Å²) in [5.74, 6) is 0.372. The first-order valence-corrected chi connectivity index (χ1v) is 6.56. The van der Waals surface area contributed by atoms with E-state index in [0.717, 1.165) is 0 Å². The largest absolute Gasteiger partial charge is 0.493 e. The molecule has 0 aliphatic rings. The molecule has 22 heavy (non-hydrogen) atoms. The number of nitrogens with two attached hydrogens (primary N) is 1. The zero-order valence-electron chi connectivity index (χ0n) is 12.0. The second kappa shape index (κ2) is 7.08. The van der Waals surface area contributed by atoms with Crippen LogP contribution >= 0.6 is 0 Å². The summed E-state index contributed by atoms with van der Waals surface area (Å²) in [4.78, 5) is 11.3. The molecule has 0 radical (unpaired) electrons. The number of carbonyl (C=O) groups is 1. The predicted molar refractivity (Wildman–Crippen MR) is 77.2 cm³/mol. The molecule has 0 saturated carbocycles. The SMILES string of the molecule is COc1ccc(-c2n[nH]nc2C(N)=O)cc1OCCCC#N. The highest BCUT2D eigenvalue weighted by molar-refractivity contribution is 5.96. The number of methoxy groups -OCH3 is 1. The predicted octanol–water partition coefficient (Wildman–Crippen LogP) is 1.26. The van der Waals surface area contributed by atoms with E-state index in [9.17, 15) is 4.79 Å². The van der Waals surface area contributed by atoms with Gasteiger partial charge in [0.25, 0.3) is 5.91 Å². The molecule has 0 atom stereocenters. The van der Waals surface area contributed by atoms with Crippen LogP contribution in [0.2, 0.25) is 0 Å². The quantitative estimate of drug-likeness (QED) is 0.741. The van der Waals surface area contributed by atoms with Gasteiger partial charge in [-0.1, -0.05) is 0 Å². The molecule has 1 heterocycles. The molecular weight excluding hydrogens is 286 g/mol. The lowest BCUT2D eigenvalue weighted by Crippen LogP contribution is -2.12. The average molecular weight is 301 g/mol. The van der Waals surface area contributed by atoms with Crippen molar-refractivity contribution in [1.82, 2.24) is 15.4 Å². The average Bonchev–Trinajstić information content (AvgIpc) is 3.01. The van der Waals surface area contributed by atoms with Crippen LogP contribution in [0.4, 0.5) is 0 Å². The van der Waals surface area contributed by atoms with Crippen LogP contribution in [0.3, 0.4) is 0 Å². The molecule has 3 N–H and O–H groups in total. The van der Waals surface area contributed by atoms with Gasteiger partial charge in [-0.15, -0.1) is 0 Å². The lowest BCUT2D eigenvalue weighted by atomic mass is 10.1. The minimum atomic E-state index is -0.670. The fraction of sp³-hybridized carbons (Fsp3) is 0.286. The van der Waals surface area contributed by atoms with E-state index in [2.05, 4.69) is 21.5 Å². The van der Waals surface area contributed by atoms with Crippen molar-refractivity contribution >= 4 is 5.91 Å². The Hall–Kier alpha value is -3.08. The van der Waals surface area contributed by atoms with Crippen LogP contribution in [-0.4, -0.2) is 35.0 Å². The highest BCUT2D eigenvalue weighted by Gasteiger charge is 2.17. The number of hydrogen-bond donors (Lipinski definition) is 2. The first-order valence-electron chi connectivity index (χ1n) is 6.56. The number of amides is 1. The van der Waals surface area contributed by atoms with Crippen LogP contribution in [-0.2, 0) is 0 Å². The van der Waals surface area contributed by atoms with Gasteiger partial charge < -0.3 is 15.2 Å². The van der Waals surface area contributed by atoms with Crippen molar-refractivity contribution in [3.63, 3.8) is 0 Å². The van der Waals surface area contributed by atoms with Crippen LogP contribution in [0.25, 0.3) is 11.3 Å². The van der Waals surface area contributed by atoms with E-state index in [-0.39, 0.29) is 5.69 Å². The Kier molecular flexibility index (Phi) is 4.93. The summed E-state index contributed by atoms with van der Waals surface area (Å²) in [6.07, 6.45) is 1.03. The Labute approximate surface area is 126 Å². The molecule has 0 unspecified atom stereocenters. The van der Waals surface area contributed by atoms with Crippen LogP contribution < -0.4 is 15.2 Å². The number of aromatic amines is 1. The number of ether oxygens (including phenoxy) is 2. The third-order valence-corrected chi connectivity index (χ3v) is 2.91. The van der Waals surface area contributed by atoms with Crippen molar-refractivity contribution in [2.75, 3.05) is 13.7 Å². The van der Waals surface area contributed by atoms with Crippen LogP contribution in [0, 0.1) is 11.3 Å². The van der Waals surface area contributed by atoms with E-state index in [4.69, 9.17) is 20.5 Å². The maximum atomic E-state index is 11.3. The topological polar surface area (TPSA) is 127 Å². The molecule has 0 spiro atoms. The Bertz CT molecular complexity index is 705. The number of aromatic nitrogens is 3. The standard InChI is InChI=1S/C14H15N5O3/c1-21-10-5-4-9(8-11(10)22-7-3-2-6-15)12-13(14(16)20)18-19-17-12/h4-5,8H,2-3,7H2,1H3,(H2,16,20)(H,17,18,19). The number of carbonyl (C=O) groups excluding carboxylic acids is 1. The van der Waals surface area contributed by atoms with Gasteiger partial charge in [0.2, 0.25) is 0 Å². The Morgan fingerprint density at radius 2 is 2.23 bits per heavy atom. The second-order valence-electron chi connectivity index (χ2n) is 4.36. The third kappa shape index (κ3) is 3.32. The van der Waals surface area contributed by atoms with Gasteiger partial charge in [-0.05, 0) is 24.6 Å². The zero-order valence-corrected chi connectivity index (χ0v) is 12.0. The second-order valence-corrected chi connectivity index (χ2v) is 4.36. The summed E-state index contributed by atoms with van der Waals surface area (Å²) in [6, 6.07) is 7.17. The Morgan fingerprint density at radius 1 is 1.41 bits per heavy atom. The molecule has 1 aromatic carbocycles. The number of unbranched alkanes of at least 4 members (excludes halogenated alkanes) is 1. The maximum Gasteiger partial charge on any atom is 0.271 e. The van der Waals surface area contributed by atoms with Crippen molar-refractivity contribution in [1.29, 1.82) is 5.26 Å². The summed E-state index contributed by atoms with van der Waals surface area (Å²) < 4.78 is 10.8. The number of nitrogens with one attached hydrogen (secondary N) is 1. The fourth-order valence-corrected chi connectivity index (χ4v) is 1.87. The molecule has 2 rings (SSSR count). The summed E-state index contributed by atoms with van der Waals surface area (Å²) in [5.41, 5.74) is 6.28. The normalized spacial score (nSPS) is 10.0. The first kappa shape index (κ1) is 15.3. The Morgan fingerprint density at radius 3 is 2.91 bits per heavy atom. The summed E-state index contributed by atoms with van der Waals surface area (Å²) >= 11 is 0. The fourth-order valence-electron chi connectivity index (χ4n) is 1.87. The molecular formula is C14H15N5O3. The van der Waals surface area contributed by atoms with E-state index in [0.29, 0.717) is 42.2 Å². The summed E-state index contributed by atoms with van der Waals surface area (Å²) in [6.45, 7) is 0.384. The van der Waals surface area contributed by atoms with Gasteiger partial charge in [0, 0.05) is 12.0 Å². The van der Waals surface area contributed by atoms with Gasteiger partial charge in [0.1, 0.15) is 5.69 Å². The molecule has 1 aromatic heterocycles. The van der Waals surface area contributed by atoms with E-state index in [1.54, 1.807) is 18.2 Å². The molecule has 0 aliphatic carbocycles. The minimum Gasteiger partial charge on any atom is -0.493 e. The molecule has 114 valence electrons. The number of hydrogen-bond acceptors (Lipinski definition) is 6. The summed E-state index contributed by atoms with van der Waals surface area (Å²) in [5, 5.41) is 18.6. The minimum absolute atomic E-state index is 0.0561. The molecule has 0 fully saturated rings. The Balaban J connectivity index is 2.28. The highest BCUT2D eigenvalue weighted by Crippen LogP contribution is 2.32. The van der Waals surface area contributed by atoms with Gasteiger partial charge in [-0.3, -0.25) is 4.79 Å². The molecule has 8 nitrogen and oxygen atoms in total. The monoisotopic (exact) mass is 301 g/mol. The van der Waals surface area contributed by atoms with Crippen molar-refractivity contribution in [3.8, 4) is 28.8 Å². The molecule has 1 amide bonds. The number of nitriles is 1. The van der Waals surface area contributed by atoms with Gasteiger partial charge in [0.05, 0.1) is 19.8 Å². The van der Waals surface area contributed by atoms with Crippen LogP contribution in [0.1, 0.15) is 23.3 Å². The lowest BCUT2D eigenvalue weighted by Gasteiger charge is -2.11. The number of H-pyrrole nitrogens is 1. The van der Waals surface area contributed by atoms with Crippen molar-refractivity contribution in [3.05, 3.63) is 23.9 Å². The van der Waals surface area contributed by atoms with Crippen molar-refractivity contribution < 1.29 is 14.3 Å². The lowest BCUT2D eigenvalue weighted by molar-refractivity contribution is 0.0996. The van der Waals surface area contributed by atoms with E-state index in [1.807, 2.05) is 0 Å². The van der Waals surface area contributed by atoms with Crippen LogP contribution in [0.5, 0.6) is 11.5 Å². The first-order chi connectivity index (χ1) is 10.7. The van der Waals surface area contributed by atoms with E-state index < -0.39 is 5.91 Å². The van der Waals surface area contributed by atoms with Gasteiger partial charge in [-0.2, -0.15) is 20.7 Å². The zero-order chi connectivity index (χ0) is 15.9. The van der Waals surface area contributed by atoms with Gasteiger partial charge in [0.15, 0.2) is 17.2 Å². The molecule has 0 bridgehead atoms. The number of primary amides is 1. The van der Waals surface area contributed by atoms with Crippen molar-refractivity contribution in [2.24, 2.45) is 5.73 Å². The van der Waals surface area contributed by atoms with Gasteiger partial charge >= 0.3 is 0 Å². The van der Waals surface area contributed by atoms with Crippen LogP contribution in [0.15, 0.2) is 18.2 Å². The van der Waals surface area contributed by atoms with E-state index in [1.165, 1.54) is 7.11 Å². The molecule has 2 aromatic rings. The molecule has 8 heteroatoms. The highest BCUT2D eigenvalue weighted by atomic mass is 16.5. The third-order valence-electron chi connectivity index (χ3n) is 2.91. The van der Waals surface area contributed by atoms with E-state index >= 15 is 0 Å². The van der Waals surface area contributed by atoms with Crippen molar-refractivity contribution in [2.45, 2.75) is 12.8 Å². The maximum absolute atomic E-state index is 11.3. The van der Waals surface area contributed by atoms with Gasteiger partial charge in [-0.25, -0.2) is 0 Å². The number of rotatable bonds is 7. The summed E-state index contributed by atoms with van der Waals surface area (Å²) in [7, 11) is 1.53. The number of benzene rings is 1. The smallest absolute Gasteiger partial charge is 0.271 e. The molecule has 0 saturated heterocycles.